The van der Waals surface area contributed by atoms with Crippen LogP contribution in [0.2, 0.25) is 0 Å². The van der Waals surface area contributed by atoms with E-state index >= 15 is 0 Å². The number of nitrogens with zero attached hydrogens (tertiary/aromatic N) is 1. The van der Waals surface area contributed by atoms with E-state index in [1.165, 1.54) is 4.31 Å². The van der Waals surface area contributed by atoms with Gasteiger partial charge in [-0.15, -0.1) is 0 Å². The molecule has 2 N–H and O–H groups in total. The lowest BCUT2D eigenvalue weighted by molar-refractivity contribution is 0.350. The van der Waals surface area contributed by atoms with Crippen LogP contribution < -0.4 is 4.72 Å². The molecule has 6 heteroatoms. The van der Waals surface area contributed by atoms with Crippen LogP contribution in [0.4, 0.5) is 0 Å². The minimum absolute atomic E-state index is 0.176. The van der Waals surface area contributed by atoms with E-state index in [4.69, 9.17) is 5.11 Å². The van der Waals surface area contributed by atoms with Crippen LogP contribution >= 0.6 is 0 Å². The molecular formula is C14H20N2O3S. The van der Waals surface area contributed by atoms with Gasteiger partial charge in [-0.1, -0.05) is 43.9 Å². The van der Waals surface area contributed by atoms with Gasteiger partial charge in [0, 0.05) is 25.2 Å². The molecule has 0 heterocycles. The van der Waals surface area contributed by atoms with Crippen molar-refractivity contribution in [2.45, 2.75) is 20.4 Å². The van der Waals surface area contributed by atoms with Gasteiger partial charge in [0.2, 0.25) is 0 Å². The lowest BCUT2D eigenvalue weighted by Gasteiger charge is -2.19. The van der Waals surface area contributed by atoms with Crippen molar-refractivity contribution in [2.75, 3.05) is 19.7 Å². The van der Waals surface area contributed by atoms with Crippen LogP contribution in [-0.2, 0) is 16.8 Å². The van der Waals surface area contributed by atoms with Gasteiger partial charge in [0.1, 0.15) is 6.61 Å². The molecule has 0 saturated heterocycles. The number of benzene rings is 1. The minimum atomic E-state index is -3.47. The first-order valence-electron chi connectivity index (χ1n) is 6.47. The van der Waals surface area contributed by atoms with Gasteiger partial charge >= 0.3 is 0 Å². The summed E-state index contributed by atoms with van der Waals surface area (Å²) in [7, 11) is -3.47. The molecule has 0 bridgehead atoms. The lowest BCUT2D eigenvalue weighted by Crippen LogP contribution is -2.40. The fourth-order valence-corrected chi connectivity index (χ4v) is 2.96. The van der Waals surface area contributed by atoms with E-state index in [-0.39, 0.29) is 13.2 Å². The topological polar surface area (TPSA) is 69.6 Å². The molecule has 5 nitrogen and oxygen atoms in total. The van der Waals surface area contributed by atoms with E-state index in [9.17, 15) is 8.42 Å². The number of aliphatic hydroxyl groups excluding tert-OH is 1. The number of nitrogens with one attached hydrogen (secondary N) is 1. The van der Waals surface area contributed by atoms with Gasteiger partial charge < -0.3 is 5.11 Å². The van der Waals surface area contributed by atoms with E-state index in [1.54, 1.807) is 19.9 Å². The van der Waals surface area contributed by atoms with Crippen molar-refractivity contribution in [3.8, 4) is 11.8 Å². The Morgan fingerprint density at radius 1 is 1.25 bits per heavy atom. The molecule has 0 radical (unpaired) electrons. The summed E-state index contributed by atoms with van der Waals surface area (Å²) in [5.74, 6) is 5.37. The average Bonchev–Trinajstić information content (AvgIpc) is 2.45. The van der Waals surface area contributed by atoms with Crippen LogP contribution in [0.1, 0.15) is 25.0 Å². The molecule has 0 aliphatic rings. The molecule has 0 aromatic heterocycles. The van der Waals surface area contributed by atoms with Crippen LogP contribution in [0.3, 0.4) is 0 Å². The molecule has 0 fully saturated rings. The normalized spacial score (nSPS) is 11.2. The average molecular weight is 296 g/mol. The Kier molecular flexibility index (Phi) is 6.68. The zero-order chi connectivity index (χ0) is 15.0. The molecule has 0 aliphatic carbocycles. The van der Waals surface area contributed by atoms with Crippen molar-refractivity contribution in [3.05, 3.63) is 35.4 Å². The molecule has 0 spiro atoms. The van der Waals surface area contributed by atoms with Crippen LogP contribution in [0.15, 0.2) is 24.3 Å². The van der Waals surface area contributed by atoms with E-state index in [0.717, 1.165) is 5.56 Å². The first-order valence-corrected chi connectivity index (χ1v) is 7.91. The molecular weight excluding hydrogens is 276 g/mol. The molecule has 1 aromatic rings. The van der Waals surface area contributed by atoms with Crippen LogP contribution in [0.25, 0.3) is 0 Å². The van der Waals surface area contributed by atoms with Crippen molar-refractivity contribution in [1.82, 2.24) is 9.03 Å². The van der Waals surface area contributed by atoms with Gasteiger partial charge in [-0.3, -0.25) is 0 Å². The fraction of sp³-hybridized carbons (Fsp3) is 0.429. The summed E-state index contributed by atoms with van der Waals surface area (Å²) >= 11 is 0. The molecule has 20 heavy (non-hydrogen) atoms. The highest BCUT2D eigenvalue weighted by molar-refractivity contribution is 7.87. The smallest absolute Gasteiger partial charge is 0.279 e. The van der Waals surface area contributed by atoms with Crippen LogP contribution in [0, 0.1) is 11.8 Å². The first kappa shape index (κ1) is 16.7. The van der Waals surface area contributed by atoms with Crippen molar-refractivity contribution < 1.29 is 13.5 Å². The van der Waals surface area contributed by atoms with Crippen LogP contribution in [-0.4, -0.2) is 37.5 Å². The van der Waals surface area contributed by atoms with Crippen LogP contribution in [0.5, 0.6) is 0 Å². The Morgan fingerprint density at radius 3 is 2.50 bits per heavy atom. The van der Waals surface area contributed by atoms with E-state index in [1.807, 2.05) is 18.2 Å². The summed E-state index contributed by atoms with van der Waals surface area (Å²) in [5.41, 5.74) is 1.49. The Bertz CT molecular complexity index is 584. The molecule has 0 aliphatic heterocycles. The second kappa shape index (κ2) is 8.02. The predicted octanol–water partition coefficient (Wildman–Crippen LogP) is 0.707. The largest absolute Gasteiger partial charge is 0.384 e. The third-order valence-corrected chi connectivity index (χ3v) is 4.52. The predicted molar refractivity (Wildman–Crippen MR) is 79.1 cm³/mol. The maximum atomic E-state index is 12.0. The molecule has 110 valence electrons. The zero-order valence-corrected chi connectivity index (χ0v) is 12.6. The van der Waals surface area contributed by atoms with Crippen molar-refractivity contribution in [1.29, 1.82) is 0 Å². The Morgan fingerprint density at radius 2 is 1.90 bits per heavy atom. The zero-order valence-electron chi connectivity index (χ0n) is 11.8. The maximum Gasteiger partial charge on any atom is 0.279 e. The molecule has 0 amide bonds. The standard InChI is InChI=1S/C14H20N2O3S/c1-3-16(4-2)20(18,19)15-12-14-9-6-5-8-13(14)10-7-11-17/h5-6,8-9,15,17H,3-4,11-12H2,1-2H3. The number of rotatable bonds is 6. The Hall–Kier alpha value is -1.39. The SMILES string of the molecule is CCN(CC)S(=O)(=O)NCc1ccccc1C#CCO. The number of hydrogen-bond acceptors (Lipinski definition) is 3. The molecule has 0 atom stereocenters. The van der Waals surface area contributed by atoms with E-state index in [0.29, 0.717) is 18.7 Å². The highest BCUT2D eigenvalue weighted by Crippen LogP contribution is 2.08. The monoisotopic (exact) mass is 296 g/mol. The molecule has 1 aromatic carbocycles. The van der Waals surface area contributed by atoms with Gasteiger partial charge in [-0.25, -0.2) is 0 Å². The maximum absolute atomic E-state index is 12.0. The van der Waals surface area contributed by atoms with Gasteiger partial charge in [-0.05, 0) is 11.6 Å². The lowest BCUT2D eigenvalue weighted by atomic mass is 10.1. The molecule has 0 unspecified atom stereocenters. The summed E-state index contributed by atoms with van der Waals surface area (Å²) in [6.07, 6.45) is 0. The minimum Gasteiger partial charge on any atom is -0.384 e. The van der Waals surface area contributed by atoms with Gasteiger partial charge in [0.25, 0.3) is 10.2 Å². The summed E-state index contributed by atoms with van der Waals surface area (Å²) in [5, 5.41) is 8.72. The fourth-order valence-electron chi connectivity index (χ4n) is 1.75. The Labute approximate surface area is 120 Å². The Balaban J connectivity index is 2.85. The third-order valence-electron chi connectivity index (χ3n) is 2.81. The van der Waals surface area contributed by atoms with Crippen molar-refractivity contribution >= 4 is 10.2 Å². The van der Waals surface area contributed by atoms with Gasteiger partial charge in [0.05, 0.1) is 0 Å². The number of hydrogen-bond donors (Lipinski definition) is 2. The number of aliphatic hydroxyl groups is 1. The quantitative estimate of drug-likeness (QED) is 0.760. The molecule has 1 rings (SSSR count). The second-order valence-electron chi connectivity index (χ2n) is 4.03. The summed E-state index contributed by atoms with van der Waals surface area (Å²) < 4.78 is 28.0. The molecule has 0 saturated carbocycles. The van der Waals surface area contributed by atoms with Crippen molar-refractivity contribution in [3.63, 3.8) is 0 Å². The van der Waals surface area contributed by atoms with Gasteiger partial charge in [0.15, 0.2) is 0 Å². The summed E-state index contributed by atoms with van der Waals surface area (Å²) in [4.78, 5) is 0. The third kappa shape index (κ3) is 4.62. The summed E-state index contributed by atoms with van der Waals surface area (Å²) in [6, 6.07) is 7.25. The van der Waals surface area contributed by atoms with E-state index in [2.05, 4.69) is 16.6 Å². The van der Waals surface area contributed by atoms with Gasteiger partial charge in [-0.2, -0.15) is 17.4 Å². The van der Waals surface area contributed by atoms with Crippen molar-refractivity contribution in [2.24, 2.45) is 0 Å². The van der Waals surface area contributed by atoms with E-state index < -0.39 is 10.2 Å². The summed E-state index contributed by atoms with van der Waals surface area (Å²) in [6.45, 7) is 4.40. The highest BCUT2D eigenvalue weighted by Gasteiger charge is 2.17. The first-order chi connectivity index (χ1) is 9.55. The highest BCUT2D eigenvalue weighted by atomic mass is 32.2. The second-order valence-corrected chi connectivity index (χ2v) is 5.78.